The standard InChI is InChI=1S/C19H23N3O5/c1-13(21-22-19(24)16-5-4-10-27-16)11-18(23)20-9-8-14-6-7-15(25-2)17(12-14)26-3/h4-7,10,12H,8-9,11H2,1-3H3,(H,20,23)(H,22,24)/b21-13-. The monoisotopic (exact) mass is 373 g/mol. The number of nitrogens with zero attached hydrogens (tertiary/aromatic N) is 1. The fourth-order valence-electron chi connectivity index (χ4n) is 2.33. The molecule has 0 unspecified atom stereocenters. The van der Waals surface area contributed by atoms with Crippen LogP contribution < -0.4 is 20.2 Å². The number of benzene rings is 1. The predicted molar refractivity (Wildman–Crippen MR) is 100 cm³/mol. The average Bonchev–Trinajstić information content (AvgIpc) is 3.20. The van der Waals surface area contributed by atoms with Gasteiger partial charge in [-0.1, -0.05) is 6.07 Å². The lowest BCUT2D eigenvalue weighted by molar-refractivity contribution is -0.119. The molecule has 0 aliphatic carbocycles. The lowest BCUT2D eigenvalue weighted by Gasteiger charge is -2.10. The number of methoxy groups -OCH3 is 2. The zero-order valence-corrected chi connectivity index (χ0v) is 15.6. The molecule has 0 fully saturated rings. The first-order chi connectivity index (χ1) is 13.0. The van der Waals surface area contributed by atoms with Crippen LogP contribution in [0.15, 0.2) is 46.1 Å². The molecule has 1 aromatic carbocycles. The molecule has 0 spiro atoms. The maximum Gasteiger partial charge on any atom is 0.307 e. The van der Waals surface area contributed by atoms with Crippen molar-refractivity contribution in [3.05, 3.63) is 47.9 Å². The van der Waals surface area contributed by atoms with Crippen molar-refractivity contribution in [2.24, 2.45) is 5.10 Å². The fraction of sp³-hybridized carbons (Fsp3) is 0.316. The molecular weight excluding hydrogens is 350 g/mol. The van der Waals surface area contributed by atoms with E-state index in [1.54, 1.807) is 27.2 Å². The number of amides is 2. The van der Waals surface area contributed by atoms with E-state index in [0.29, 0.717) is 30.2 Å². The molecule has 1 aromatic heterocycles. The van der Waals surface area contributed by atoms with Gasteiger partial charge in [-0.2, -0.15) is 5.10 Å². The van der Waals surface area contributed by atoms with Crippen LogP contribution in [0.5, 0.6) is 11.5 Å². The molecule has 2 aromatic rings. The van der Waals surface area contributed by atoms with E-state index < -0.39 is 5.91 Å². The minimum absolute atomic E-state index is 0.0877. The third kappa shape index (κ3) is 6.18. The molecule has 0 saturated carbocycles. The molecule has 0 atom stereocenters. The number of ether oxygens (including phenoxy) is 2. The summed E-state index contributed by atoms with van der Waals surface area (Å²) in [5.41, 5.74) is 3.85. The topological polar surface area (TPSA) is 102 Å². The van der Waals surface area contributed by atoms with E-state index in [-0.39, 0.29) is 18.1 Å². The molecular formula is C19H23N3O5. The highest BCUT2D eigenvalue weighted by molar-refractivity contribution is 6.00. The van der Waals surface area contributed by atoms with Gasteiger partial charge in [0, 0.05) is 12.3 Å². The molecule has 0 bridgehead atoms. The van der Waals surface area contributed by atoms with Crippen LogP contribution in [0.4, 0.5) is 0 Å². The minimum Gasteiger partial charge on any atom is -0.493 e. The number of hydrogen-bond donors (Lipinski definition) is 2. The fourth-order valence-corrected chi connectivity index (χ4v) is 2.33. The van der Waals surface area contributed by atoms with E-state index in [1.807, 2.05) is 18.2 Å². The molecule has 1 heterocycles. The normalized spacial score (nSPS) is 11.0. The molecule has 2 amide bonds. The van der Waals surface area contributed by atoms with Gasteiger partial charge in [0.2, 0.25) is 5.91 Å². The molecule has 0 aliphatic rings. The first-order valence-corrected chi connectivity index (χ1v) is 8.38. The second-order valence-electron chi connectivity index (χ2n) is 5.73. The maximum absolute atomic E-state index is 12.0. The summed E-state index contributed by atoms with van der Waals surface area (Å²) in [6.07, 6.45) is 2.14. The third-order valence-electron chi connectivity index (χ3n) is 3.69. The second kappa shape index (κ2) is 10.0. The molecule has 0 saturated heterocycles. The van der Waals surface area contributed by atoms with Gasteiger partial charge >= 0.3 is 5.91 Å². The number of carbonyl (C=O) groups is 2. The number of furan rings is 1. The summed E-state index contributed by atoms with van der Waals surface area (Å²) in [5, 5.41) is 6.71. The van der Waals surface area contributed by atoms with Crippen LogP contribution in [0, 0.1) is 0 Å². The Morgan fingerprint density at radius 1 is 1.15 bits per heavy atom. The van der Waals surface area contributed by atoms with E-state index in [1.165, 1.54) is 12.3 Å². The Morgan fingerprint density at radius 3 is 2.59 bits per heavy atom. The van der Waals surface area contributed by atoms with Crippen molar-refractivity contribution >= 4 is 17.5 Å². The van der Waals surface area contributed by atoms with Crippen molar-refractivity contribution in [2.45, 2.75) is 19.8 Å². The number of hydrogen-bond acceptors (Lipinski definition) is 6. The van der Waals surface area contributed by atoms with Gasteiger partial charge in [0.1, 0.15) is 0 Å². The largest absolute Gasteiger partial charge is 0.493 e. The number of hydrazone groups is 1. The molecule has 0 aliphatic heterocycles. The minimum atomic E-state index is -0.465. The van der Waals surface area contributed by atoms with Crippen molar-refractivity contribution in [3.63, 3.8) is 0 Å². The Kier molecular flexibility index (Phi) is 7.42. The van der Waals surface area contributed by atoms with Crippen LogP contribution in [0.3, 0.4) is 0 Å². The van der Waals surface area contributed by atoms with Crippen LogP contribution in [-0.4, -0.2) is 38.3 Å². The molecule has 2 N–H and O–H groups in total. The van der Waals surface area contributed by atoms with E-state index in [9.17, 15) is 9.59 Å². The lowest BCUT2D eigenvalue weighted by atomic mass is 10.1. The maximum atomic E-state index is 12.0. The van der Waals surface area contributed by atoms with E-state index in [2.05, 4.69) is 15.8 Å². The van der Waals surface area contributed by atoms with Gasteiger partial charge in [0.25, 0.3) is 0 Å². The lowest BCUT2D eigenvalue weighted by Crippen LogP contribution is -2.28. The Bertz CT molecular complexity index is 800. The van der Waals surface area contributed by atoms with Crippen molar-refractivity contribution in [2.75, 3.05) is 20.8 Å². The van der Waals surface area contributed by atoms with Crippen LogP contribution in [-0.2, 0) is 11.2 Å². The van der Waals surface area contributed by atoms with Crippen LogP contribution >= 0.6 is 0 Å². The highest BCUT2D eigenvalue weighted by atomic mass is 16.5. The number of rotatable bonds is 9. The van der Waals surface area contributed by atoms with Crippen LogP contribution in [0.1, 0.15) is 29.5 Å². The summed E-state index contributed by atoms with van der Waals surface area (Å²) in [6.45, 7) is 2.14. The van der Waals surface area contributed by atoms with Crippen LogP contribution in [0.2, 0.25) is 0 Å². The summed E-state index contributed by atoms with van der Waals surface area (Å²) < 4.78 is 15.4. The molecule has 0 radical (unpaired) electrons. The zero-order valence-electron chi connectivity index (χ0n) is 15.6. The summed E-state index contributed by atoms with van der Waals surface area (Å²) in [6, 6.07) is 8.76. The zero-order chi connectivity index (χ0) is 19.6. The first kappa shape index (κ1) is 20.0. The van der Waals surface area contributed by atoms with Gasteiger partial charge in [-0.05, 0) is 43.2 Å². The van der Waals surface area contributed by atoms with E-state index in [4.69, 9.17) is 13.9 Å². The quantitative estimate of drug-likeness (QED) is 0.518. The van der Waals surface area contributed by atoms with E-state index in [0.717, 1.165) is 5.56 Å². The predicted octanol–water partition coefficient (Wildman–Crippen LogP) is 2.15. The number of nitrogens with one attached hydrogen (secondary N) is 2. The summed E-state index contributed by atoms with van der Waals surface area (Å²) in [4.78, 5) is 23.7. The van der Waals surface area contributed by atoms with Crippen LogP contribution in [0.25, 0.3) is 0 Å². The van der Waals surface area contributed by atoms with Gasteiger partial charge in [-0.15, -0.1) is 0 Å². The Balaban J connectivity index is 1.75. The molecule has 27 heavy (non-hydrogen) atoms. The average molecular weight is 373 g/mol. The molecule has 144 valence electrons. The second-order valence-corrected chi connectivity index (χ2v) is 5.73. The van der Waals surface area contributed by atoms with Crippen molar-refractivity contribution in [1.82, 2.24) is 10.7 Å². The number of carbonyl (C=O) groups excluding carboxylic acids is 2. The van der Waals surface area contributed by atoms with Crippen molar-refractivity contribution in [1.29, 1.82) is 0 Å². The van der Waals surface area contributed by atoms with Crippen molar-refractivity contribution in [3.8, 4) is 11.5 Å². The molecule has 8 nitrogen and oxygen atoms in total. The van der Waals surface area contributed by atoms with Gasteiger partial charge in [-0.3, -0.25) is 9.59 Å². The highest BCUT2D eigenvalue weighted by Gasteiger charge is 2.09. The van der Waals surface area contributed by atoms with Gasteiger partial charge < -0.3 is 19.2 Å². The summed E-state index contributed by atoms with van der Waals surface area (Å²) in [5.74, 6) is 0.827. The molecule has 8 heteroatoms. The highest BCUT2D eigenvalue weighted by Crippen LogP contribution is 2.27. The smallest absolute Gasteiger partial charge is 0.307 e. The van der Waals surface area contributed by atoms with E-state index >= 15 is 0 Å². The first-order valence-electron chi connectivity index (χ1n) is 8.38. The summed E-state index contributed by atoms with van der Waals surface area (Å²) in [7, 11) is 3.16. The van der Waals surface area contributed by atoms with Gasteiger partial charge in [0.05, 0.1) is 26.9 Å². The third-order valence-corrected chi connectivity index (χ3v) is 3.69. The molecule has 2 rings (SSSR count). The Labute approximate surface area is 157 Å². The van der Waals surface area contributed by atoms with Gasteiger partial charge in [-0.25, -0.2) is 5.43 Å². The Hall–Kier alpha value is -3.29. The Morgan fingerprint density at radius 2 is 1.93 bits per heavy atom. The van der Waals surface area contributed by atoms with Gasteiger partial charge in [0.15, 0.2) is 17.3 Å². The van der Waals surface area contributed by atoms with Crippen molar-refractivity contribution < 1.29 is 23.5 Å². The SMILES string of the molecule is COc1ccc(CCNC(=O)C/C(C)=N\NC(=O)c2ccco2)cc1OC. The summed E-state index contributed by atoms with van der Waals surface area (Å²) >= 11 is 0.